The molecule has 2 aromatic heterocycles. The van der Waals surface area contributed by atoms with Gasteiger partial charge in [0.2, 0.25) is 5.28 Å². The molecule has 1 saturated heterocycles. The number of ether oxygens (including phenoxy) is 1. The van der Waals surface area contributed by atoms with Crippen molar-refractivity contribution in [3.8, 4) is 0 Å². The van der Waals surface area contributed by atoms with Crippen LogP contribution in [0.3, 0.4) is 0 Å². The van der Waals surface area contributed by atoms with E-state index in [-0.39, 0.29) is 5.28 Å². The van der Waals surface area contributed by atoms with E-state index >= 15 is 0 Å². The first kappa shape index (κ1) is 16.0. The molecule has 0 radical (unpaired) electrons. The first-order chi connectivity index (χ1) is 11.5. The third-order valence-electron chi connectivity index (χ3n) is 4.58. The number of imidazole rings is 1. The van der Waals surface area contributed by atoms with Crippen molar-refractivity contribution >= 4 is 28.6 Å². The van der Waals surface area contributed by atoms with Crippen LogP contribution < -0.4 is 5.32 Å². The molecule has 9 nitrogen and oxygen atoms in total. The molecule has 0 unspecified atom stereocenters. The summed E-state index contributed by atoms with van der Waals surface area (Å²) < 4.78 is 6.64. The Balaban J connectivity index is 1.72. The lowest BCUT2D eigenvalue weighted by Gasteiger charge is -2.17. The van der Waals surface area contributed by atoms with Gasteiger partial charge in [0, 0.05) is 6.04 Å². The van der Waals surface area contributed by atoms with Crippen molar-refractivity contribution in [1.82, 2.24) is 19.5 Å². The average molecular weight is 356 g/mol. The van der Waals surface area contributed by atoms with E-state index in [2.05, 4.69) is 20.3 Å². The largest absolute Gasteiger partial charge is 0.385 e. The Morgan fingerprint density at radius 2 is 1.92 bits per heavy atom. The van der Waals surface area contributed by atoms with Gasteiger partial charge in [-0.3, -0.25) is 4.57 Å². The number of hydrogen-bond acceptors (Lipinski definition) is 8. The van der Waals surface area contributed by atoms with Crippen molar-refractivity contribution < 1.29 is 20.1 Å². The Morgan fingerprint density at radius 1 is 1.17 bits per heavy atom. The molecule has 4 rings (SSSR count). The van der Waals surface area contributed by atoms with Crippen molar-refractivity contribution in [3.05, 3.63) is 11.6 Å². The van der Waals surface area contributed by atoms with Crippen LogP contribution in [0.2, 0.25) is 5.28 Å². The Kier molecular flexibility index (Phi) is 4.05. The van der Waals surface area contributed by atoms with E-state index in [1.165, 1.54) is 23.7 Å². The van der Waals surface area contributed by atoms with E-state index in [9.17, 15) is 15.3 Å². The summed E-state index contributed by atoms with van der Waals surface area (Å²) in [6.07, 6.45) is 0.699. The molecule has 130 valence electrons. The molecule has 0 spiro atoms. The van der Waals surface area contributed by atoms with Crippen LogP contribution in [-0.4, -0.2) is 59.4 Å². The number of aromatic nitrogens is 4. The summed E-state index contributed by atoms with van der Waals surface area (Å²) in [6, 6.07) is 0.321. The lowest BCUT2D eigenvalue weighted by Crippen LogP contribution is -2.31. The molecule has 2 aromatic rings. The van der Waals surface area contributed by atoms with E-state index in [1.807, 2.05) is 0 Å². The molecule has 1 aliphatic heterocycles. The highest BCUT2D eigenvalue weighted by molar-refractivity contribution is 6.28. The van der Waals surface area contributed by atoms with Gasteiger partial charge in [-0.1, -0.05) is 12.8 Å². The number of hydrogen-bond donors (Lipinski definition) is 4. The third-order valence-corrected chi connectivity index (χ3v) is 4.75. The monoisotopic (exact) mass is 355 g/mol. The smallest absolute Gasteiger partial charge is 0.226 e. The van der Waals surface area contributed by atoms with Crippen LogP contribution in [0.15, 0.2) is 6.33 Å². The van der Waals surface area contributed by atoms with Crippen LogP contribution in [0.1, 0.15) is 31.9 Å². The van der Waals surface area contributed by atoms with E-state index in [0.29, 0.717) is 23.0 Å². The second kappa shape index (κ2) is 6.08. The van der Waals surface area contributed by atoms with Crippen molar-refractivity contribution in [2.75, 3.05) is 5.32 Å². The fourth-order valence-electron chi connectivity index (χ4n) is 3.31. The van der Waals surface area contributed by atoms with Crippen LogP contribution in [-0.2, 0) is 4.74 Å². The topological polar surface area (TPSA) is 126 Å². The van der Waals surface area contributed by atoms with E-state index in [4.69, 9.17) is 16.3 Å². The minimum atomic E-state index is -1.48. The standard InChI is InChI=1S/C14H18ClN5O4/c15-14-18-10(17-6-3-1-2-4-6)7-11(19-14)20(5-16-7)12-8(21)9(22)13(23)24-12/h5-6,8-9,12-13,21-23H,1-4H2,(H,17,18,19)/t8-,9+,12-,13+/m1/s1. The summed E-state index contributed by atoms with van der Waals surface area (Å²) in [5.41, 5.74) is 0.860. The van der Waals surface area contributed by atoms with Crippen LogP contribution in [0, 0.1) is 0 Å². The molecular weight excluding hydrogens is 338 g/mol. The highest BCUT2D eigenvalue weighted by Crippen LogP contribution is 2.32. The number of nitrogens with zero attached hydrogens (tertiary/aromatic N) is 4. The number of anilines is 1. The Bertz CT molecular complexity index is 750. The second-order valence-electron chi connectivity index (χ2n) is 6.19. The van der Waals surface area contributed by atoms with E-state index < -0.39 is 24.7 Å². The van der Waals surface area contributed by atoms with E-state index in [1.54, 1.807) is 0 Å². The molecule has 0 bridgehead atoms. The number of aliphatic hydroxyl groups is 3. The zero-order valence-electron chi connectivity index (χ0n) is 12.7. The first-order valence-corrected chi connectivity index (χ1v) is 8.28. The van der Waals surface area contributed by atoms with Crippen LogP contribution in [0.25, 0.3) is 11.2 Å². The maximum absolute atomic E-state index is 10.1. The summed E-state index contributed by atoms with van der Waals surface area (Å²) in [6.45, 7) is 0. The van der Waals surface area contributed by atoms with Crippen LogP contribution in [0.4, 0.5) is 5.82 Å². The molecule has 1 saturated carbocycles. The lowest BCUT2D eigenvalue weighted by molar-refractivity contribution is -0.141. The van der Waals surface area contributed by atoms with Gasteiger partial charge in [-0.25, -0.2) is 4.98 Å². The predicted octanol–water partition coefficient (Wildman–Crippen LogP) is 0.403. The van der Waals surface area contributed by atoms with Gasteiger partial charge in [-0.05, 0) is 24.4 Å². The maximum Gasteiger partial charge on any atom is 0.226 e. The first-order valence-electron chi connectivity index (χ1n) is 7.91. The fraction of sp³-hybridized carbons (Fsp3) is 0.643. The molecule has 2 aliphatic rings. The number of rotatable bonds is 3. The molecule has 0 amide bonds. The molecule has 0 aromatic carbocycles. The quantitative estimate of drug-likeness (QED) is 0.583. The molecule has 3 heterocycles. The van der Waals surface area contributed by atoms with Gasteiger partial charge in [0.05, 0.1) is 6.33 Å². The number of nitrogens with one attached hydrogen (secondary N) is 1. The Hall–Kier alpha value is -1.52. The fourth-order valence-corrected chi connectivity index (χ4v) is 3.48. The normalized spacial score (nSPS) is 31.2. The summed E-state index contributed by atoms with van der Waals surface area (Å²) in [5.74, 6) is 0.532. The molecule has 24 heavy (non-hydrogen) atoms. The van der Waals surface area contributed by atoms with Crippen molar-refractivity contribution in [2.24, 2.45) is 0 Å². The van der Waals surface area contributed by atoms with Gasteiger partial charge >= 0.3 is 0 Å². The van der Waals surface area contributed by atoms with Gasteiger partial charge in [-0.2, -0.15) is 9.97 Å². The Morgan fingerprint density at radius 3 is 2.58 bits per heavy atom. The number of aliphatic hydroxyl groups excluding tert-OH is 3. The maximum atomic E-state index is 10.1. The minimum absolute atomic E-state index is 0.0401. The Labute approximate surface area is 142 Å². The second-order valence-corrected chi connectivity index (χ2v) is 6.53. The van der Waals surface area contributed by atoms with Gasteiger partial charge in [0.15, 0.2) is 29.5 Å². The van der Waals surface area contributed by atoms with Gasteiger partial charge in [0.25, 0.3) is 0 Å². The zero-order chi connectivity index (χ0) is 16.8. The molecular formula is C14H18ClN5O4. The predicted molar refractivity (Wildman–Crippen MR) is 84.4 cm³/mol. The SMILES string of the molecule is O[C@@H]1[C@H](O)[C@@H](O)O[C@H]1n1cnc2c(NC3CCCC3)nc(Cl)nc21. The van der Waals surface area contributed by atoms with Gasteiger partial charge in [-0.15, -0.1) is 0 Å². The van der Waals surface area contributed by atoms with Crippen molar-refractivity contribution in [3.63, 3.8) is 0 Å². The molecule has 2 fully saturated rings. The number of halogens is 1. The summed E-state index contributed by atoms with van der Waals surface area (Å²) >= 11 is 6.03. The zero-order valence-corrected chi connectivity index (χ0v) is 13.5. The summed E-state index contributed by atoms with van der Waals surface area (Å²) in [5, 5.41) is 32.7. The highest BCUT2D eigenvalue weighted by atomic mass is 35.5. The minimum Gasteiger partial charge on any atom is -0.385 e. The lowest BCUT2D eigenvalue weighted by atomic mass is 10.2. The molecule has 4 N–H and O–H groups in total. The molecule has 1 aliphatic carbocycles. The van der Waals surface area contributed by atoms with E-state index in [0.717, 1.165) is 12.8 Å². The van der Waals surface area contributed by atoms with Gasteiger partial charge in [0.1, 0.15) is 12.2 Å². The third kappa shape index (κ3) is 2.62. The average Bonchev–Trinajstić information content (AvgIpc) is 3.25. The van der Waals surface area contributed by atoms with Crippen LogP contribution in [0.5, 0.6) is 0 Å². The summed E-state index contributed by atoms with van der Waals surface area (Å²) in [4.78, 5) is 12.7. The van der Waals surface area contributed by atoms with Gasteiger partial charge < -0.3 is 25.4 Å². The van der Waals surface area contributed by atoms with Crippen LogP contribution >= 0.6 is 11.6 Å². The number of fused-ring (bicyclic) bond motifs is 1. The molecule has 10 heteroatoms. The highest BCUT2D eigenvalue weighted by Gasteiger charge is 2.43. The van der Waals surface area contributed by atoms with Crippen molar-refractivity contribution in [1.29, 1.82) is 0 Å². The van der Waals surface area contributed by atoms with Crippen molar-refractivity contribution in [2.45, 2.75) is 56.5 Å². The summed E-state index contributed by atoms with van der Waals surface area (Å²) in [7, 11) is 0. The molecule has 4 atom stereocenters.